The monoisotopic (exact) mass is 239 g/mol. The van der Waals surface area contributed by atoms with Gasteiger partial charge in [-0.1, -0.05) is 6.92 Å². The van der Waals surface area contributed by atoms with Gasteiger partial charge in [0.2, 0.25) is 0 Å². The maximum atomic E-state index is 5.30. The molecule has 0 saturated carbocycles. The summed E-state index contributed by atoms with van der Waals surface area (Å²) in [4.78, 5) is 4.43. The fraction of sp³-hybridized carbons (Fsp3) is 0.769. The van der Waals surface area contributed by atoms with Gasteiger partial charge in [-0.25, -0.2) is 4.98 Å². The van der Waals surface area contributed by atoms with E-state index in [1.807, 2.05) is 19.4 Å². The van der Waals surface area contributed by atoms with E-state index >= 15 is 0 Å². The lowest BCUT2D eigenvalue weighted by atomic mass is 10.1. The smallest absolute Gasteiger partial charge is 0.125 e. The van der Waals surface area contributed by atoms with Gasteiger partial charge in [-0.2, -0.15) is 0 Å². The minimum atomic E-state index is 0.307. The van der Waals surface area contributed by atoms with E-state index in [1.54, 1.807) is 7.11 Å². The Labute approximate surface area is 104 Å². The molecule has 0 aliphatic heterocycles. The number of rotatable bonds is 8. The summed E-state index contributed by atoms with van der Waals surface area (Å²) >= 11 is 0. The number of aryl methyl sites for hydroxylation is 1. The second-order valence-corrected chi connectivity index (χ2v) is 4.53. The highest BCUT2D eigenvalue weighted by atomic mass is 16.5. The molecule has 1 aromatic rings. The van der Waals surface area contributed by atoms with Gasteiger partial charge in [-0.15, -0.1) is 0 Å². The highest BCUT2D eigenvalue weighted by Crippen LogP contribution is 2.18. The molecule has 2 unspecified atom stereocenters. The lowest BCUT2D eigenvalue weighted by Gasteiger charge is -2.20. The normalized spacial score (nSPS) is 14.8. The minimum absolute atomic E-state index is 0.307. The van der Waals surface area contributed by atoms with Crippen molar-refractivity contribution < 1.29 is 4.74 Å². The zero-order valence-electron chi connectivity index (χ0n) is 11.4. The minimum Gasteiger partial charge on any atom is -0.382 e. The predicted octanol–water partition coefficient (Wildman–Crippen LogP) is 2.28. The lowest BCUT2D eigenvalue weighted by molar-refractivity contribution is 0.105. The Morgan fingerprint density at radius 3 is 2.76 bits per heavy atom. The first-order valence-corrected chi connectivity index (χ1v) is 6.42. The molecule has 2 atom stereocenters. The average molecular weight is 239 g/mol. The molecular formula is C13H25N3O. The Balaban J connectivity index is 2.57. The molecular weight excluding hydrogens is 214 g/mol. The highest BCUT2D eigenvalue weighted by Gasteiger charge is 2.16. The number of hydrogen-bond donors (Lipinski definition) is 1. The van der Waals surface area contributed by atoms with E-state index in [4.69, 9.17) is 4.74 Å². The number of imidazole rings is 1. The molecule has 1 aromatic heterocycles. The van der Waals surface area contributed by atoms with Gasteiger partial charge in [0.05, 0.1) is 12.1 Å². The number of hydrogen-bond acceptors (Lipinski definition) is 3. The zero-order valence-corrected chi connectivity index (χ0v) is 11.4. The first kappa shape index (κ1) is 14.2. The maximum Gasteiger partial charge on any atom is 0.125 e. The van der Waals surface area contributed by atoms with E-state index in [9.17, 15) is 0 Å². The fourth-order valence-electron chi connectivity index (χ4n) is 1.87. The summed E-state index contributed by atoms with van der Waals surface area (Å²) in [7, 11) is 3.81. The number of aromatic nitrogens is 2. The van der Waals surface area contributed by atoms with Crippen LogP contribution in [-0.2, 0) is 11.8 Å². The highest BCUT2D eigenvalue weighted by molar-refractivity contribution is 4.98. The van der Waals surface area contributed by atoms with E-state index in [0.717, 1.165) is 31.6 Å². The van der Waals surface area contributed by atoms with Gasteiger partial charge in [0.25, 0.3) is 0 Å². The Morgan fingerprint density at radius 2 is 2.24 bits per heavy atom. The molecule has 1 N–H and O–H groups in total. The van der Waals surface area contributed by atoms with Gasteiger partial charge in [0.1, 0.15) is 5.82 Å². The van der Waals surface area contributed by atoms with Gasteiger partial charge in [0.15, 0.2) is 0 Å². The van der Waals surface area contributed by atoms with Crippen LogP contribution in [0.25, 0.3) is 0 Å². The molecule has 4 nitrogen and oxygen atoms in total. The van der Waals surface area contributed by atoms with Crippen molar-refractivity contribution in [3.63, 3.8) is 0 Å². The standard InChI is InChI=1S/C13H25N3O/c1-5-8-14-12(7-6-11(2)17-4)13-15-9-10-16(13)3/h9-12,14H,5-8H2,1-4H3. The van der Waals surface area contributed by atoms with E-state index in [0.29, 0.717) is 12.1 Å². The summed E-state index contributed by atoms with van der Waals surface area (Å²) in [5.41, 5.74) is 0. The molecule has 98 valence electrons. The number of methoxy groups -OCH3 is 1. The molecule has 4 heteroatoms. The summed E-state index contributed by atoms with van der Waals surface area (Å²) in [5, 5.41) is 3.55. The number of nitrogens with zero attached hydrogens (tertiary/aromatic N) is 2. The molecule has 17 heavy (non-hydrogen) atoms. The second kappa shape index (κ2) is 7.45. The zero-order chi connectivity index (χ0) is 12.7. The lowest BCUT2D eigenvalue weighted by Crippen LogP contribution is -2.26. The molecule has 0 amide bonds. The third-order valence-electron chi connectivity index (χ3n) is 3.08. The van der Waals surface area contributed by atoms with Crippen molar-refractivity contribution in [2.24, 2.45) is 7.05 Å². The molecule has 0 aliphatic rings. The maximum absolute atomic E-state index is 5.30. The first-order valence-electron chi connectivity index (χ1n) is 6.42. The van der Waals surface area contributed by atoms with Crippen LogP contribution in [0.5, 0.6) is 0 Å². The van der Waals surface area contributed by atoms with Gasteiger partial charge in [-0.05, 0) is 32.7 Å². The Bertz CT molecular complexity index is 311. The molecule has 0 bridgehead atoms. The SMILES string of the molecule is CCCNC(CCC(C)OC)c1nccn1C. The summed E-state index contributed by atoms with van der Waals surface area (Å²) < 4.78 is 7.39. The van der Waals surface area contributed by atoms with E-state index in [-0.39, 0.29) is 0 Å². The van der Waals surface area contributed by atoms with Gasteiger partial charge >= 0.3 is 0 Å². The van der Waals surface area contributed by atoms with Gasteiger partial charge < -0.3 is 14.6 Å². The quantitative estimate of drug-likeness (QED) is 0.756. The second-order valence-electron chi connectivity index (χ2n) is 4.53. The molecule has 0 saturated heterocycles. The van der Waals surface area contributed by atoms with E-state index in [2.05, 4.69) is 28.7 Å². The van der Waals surface area contributed by atoms with Crippen molar-refractivity contribution in [3.8, 4) is 0 Å². The Hall–Kier alpha value is -0.870. The van der Waals surface area contributed by atoms with Crippen LogP contribution < -0.4 is 5.32 Å². The summed E-state index contributed by atoms with van der Waals surface area (Å²) in [6.07, 6.45) is 7.40. The molecule has 0 aromatic carbocycles. The van der Waals surface area contributed by atoms with Crippen LogP contribution in [0.3, 0.4) is 0 Å². The van der Waals surface area contributed by atoms with Crippen molar-refractivity contribution >= 4 is 0 Å². The number of ether oxygens (including phenoxy) is 1. The van der Waals surface area contributed by atoms with Crippen LogP contribution in [0.1, 0.15) is 45.0 Å². The van der Waals surface area contributed by atoms with Gasteiger partial charge in [-0.3, -0.25) is 0 Å². The van der Waals surface area contributed by atoms with Crippen LogP contribution in [0.2, 0.25) is 0 Å². The van der Waals surface area contributed by atoms with Crippen LogP contribution >= 0.6 is 0 Å². The molecule has 0 aliphatic carbocycles. The van der Waals surface area contributed by atoms with Crippen molar-refractivity contribution in [3.05, 3.63) is 18.2 Å². The summed E-state index contributed by atoms with van der Waals surface area (Å²) in [6, 6.07) is 0.326. The van der Waals surface area contributed by atoms with E-state index in [1.165, 1.54) is 0 Å². The van der Waals surface area contributed by atoms with Crippen molar-refractivity contribution in [1.82, 2.24) is 14.9 Å². The van der Waals surface area contributed by atoms with Crippen molar-refractivity contribution in [2.75, 3.05) is 13.7 Å². The van der Waals surface area contributed by atoms with Crippen molar-refractivity contribution in [1.29, 1.82) is 0 Å². The number of nitrogens with one attached hydrogen (secondary N) is 1. The summed E-state index contributed by atoms with van der Waals surface area (Å²) in [6.45, 7) is 5.31. The molecule has 0 fully saturated rings. The molecule has 1 heterocycles. The molecule has 0 radical (unpaired) electrons. The average Bonchev–Trinajstić information content (AvgIpc) is 2.75. The van der Waals surface area contributed by atoms with Crippen LogP contribution in [0.4, 0.5) is 0 Å². The fourth-order valence-corrected chi connectivity index (χ4v) is 1.87. The third-order valence-corrected chi connectivity index (χ3v) is 3.08. The molecule has 1 rings (SSSR count). The van der Waals surface area contributed by atoms with Gasteiger partial charge in [0, 0.05) is 26.6 Å². The van der Waals surface area contributed by atoms with E-state index < -0.39 is 0 Å². The van der Waals surface area contributed by atoms with Crippen molar-refractivity contribution in [2.45, 2.75) is 45.3 Å². The predicted molar refractivity (Wildman–Crippen MR) is 69.9 cm³/mol. The summed E-state index contributed by atoms with van der Waals surface area (Å²) in [5.74, 6) is 1.11. The van der Waals surface area contributed by atoms with Crippen LogP contribution in [-0.4, -0.2) is 29.3 Å². The third kappa shape index (κ3) is 4.48. The largest absolute Gasteiger partial charge is 0.382 e. The topological polar surface area (TPSA) is 39.1 Å². The van der Waals surface area contributed by atoms with Crippen LogP contribution in [0, 0.1) is 0 Å². The Kier molecular flexibility index (Phi) is 6.22. The Morgan fingerprint density at radius 1 is 1.47 bits per heavy atom. The first-order chi connectivity index (χ1) is 8.19. The van der Waals surface area contributed by atoms with Crippen LogP contribution in [0.15, 0.2) is 12.4 Å². The molecule has 0 spiro atoms.